The quantitative estimate of drug-likeness (QED) is 0.357. The lowest BCUT2D eigenvalue weighted by atomic mass is 9.55. The van der Waals surface area contributed by atoms with Crippen LogP contribution in [-0.2, 0) is 38.1 Å². The van der Waals surface area contributed by atoms with Gasteiger partial charge in [0.1, 0.15) is 6.10 Å². The molecule has 196 valence electrons. The van der Waals surface area contributed by atoms with Gasteiger partial charge in [-0.2, -0.15) is 0 Å². The number of carbonyl (C=O) groups excluding carboxylic acids is 3. The summed E-state index contributed by atoms with van der Waals surface area (Å²) in [6.45, 7) is 15.7. The number of fused-ring (bicyclic) bond motifs is 8. The van der Waals surface area contributed by atoms with Crippen LogP contribution in [0.4, 0.5) is 0 Å². The summed E-state index contributed by atoms with van der Waals surface area (Å²) in [6, 6.07) is 0. The first-order chi connectivity index (χ1) is 16.1. The van der Waals surface area contributed by atoms with Crippen LogP contribution in [-0.4, -0.2) is 64.4 Å². The molecule has 0 aromatic heterocycles. The molecule has 4 rings (SSSR count). The van der Waals surface area contributed by atoms with Gasteiger partial charge < -0.3 is 28.8 Å². The summed E-state index contributed by atoms with van der Waals surface area (Å²) in [7, 11) is 0. The maximum atomic E-state index is 12.4. The smallest absolute Gasteiger partial charge is 0.303 e. The van der Waals surface area contributed by atoms with Gasteiger partial charge in [-0.1, -0.05) is 20.4 Å². The Labute approximate surface area is 206 Å². The van der Waals surface area contributed by atoms with Crippen molar-refractivity contribution in [3.63, 3.8) is 0 Å². The Morgan fingerprint density at radius 2 is 1.69 bits per heavy atom. The van der Waals surface area contributed by atoms with E-state index in [1.165, 1.54) is 20.8 Å². The Balaban J connectivity index is 1.94. The number of hydrogen-bond donors (Lipinski definition) is 1. The number of ether oxygens (including phenoxy) is 5. The number of esters is 3. The number of hydrogen-bond acceptors (Lipinski definition) is 9. The Kier molecular flexibility index (Phi) is 6.38. The molecule has 0 amide bonds. The van der Waals surface area contributed by atoms with Gasteiger partial charge in [-0.15, -0.1) is 0 Å². The highest BCUT2D eigenvalue weighted by Gasteiger charge is 2.73. The summed E-state index contributed by atoms with van der Waals surface area (Å²) in [5.41, 5.74) is -1.70. The lowest BCUT2D eigenvalue weighted by Crippen LogP contribution is -2.69. The molecule has 4 aliphatic rings. The van der Waals surface area contributed by atoms with Gasteiger partial charge >= 0.3 is 17.9 Å². The van der Waals surface area contributed by atoms with Gasteiger partial charge in [0.25, 0.3) is 0 Å². The Morgan fingerprint density at radius 1 is 1.06 bits per heavy atom. The second kappa shape index (κ2) is 8.56. The van der Waals surface area contributed by atoms with Crippen LogP contribution in [0.25, 0.3) is 0 Å². The minimum atomic E-state index is -1.46. The van der Waals surface area contributed by atoms with Crippen molar-refractivity contribution >= 4 is 17.9 Å². The van der Waals surface area contributed by atoms with Crippen molar-refractivity contribution in [2.75, 3.05) is 0 Å². The lowest BCUT2D eigenvalue weighted by Gasteiger charge is -2.55. The fourth-order valence-electron chi connectivity index (χ4n) is 7.37. The van der Waals surface area contributed by atoms with Gasteiger partial charge in [-0.25, -0.2) is 0 Å². The van der Waals surface area contributed by atoms with Crippen molar-refractivity contribution in [2.24, 2.45) is 23.7 Å². The van der Waals surface area contributed by atoms with E-state index in [1.54, 1.807) is 6.92 Å². The minimum absolute atomic E-state index is 0.00974. The van der Waals surface area contributed by atoms with Crippen LogP contribution in [0.2, 0.25) is 0 Å². The van der Waals surface area contributed by atoms with Gasteiger partial charge in [-0.3, -0.25) is 14.4 Å². The maximum Gasteiger partial charge on any atom is 0.303 e. The Morgan fingerprint density at radius 3 is 2.23 bits per heavy atom. The zero-order chi connectivity index (χ0) is 26.1. The molecule has 4 bridgehead atoms. The van der Waals surface area contributed by atoms with Gasteiger partial charge in [0, 0.05) is 44.9 Å². The third kappa shape index (κ3) is 4.09. The summed E-state index contributed by atoms with van der Waals surface area (Å²) >= 11 is 0. The van der Waals surface area contributed by atoms with E-state index in [-0.39, 0.29) is 24.2 Å². The molecule has 1 N–H and O–H groups in total. The van der Waals surface area contributed by atoms with Crippen molar-refractivity contribution < 1.29 is 43.2 Å². The van der Waals surface area contributed by atoms with Gasteiger partial charge in [0.05, 0.1) is 17.8 Å². The molecule has 0 aromatic rings. The monoisotopic (exact) mass is 494 g/mol. The summed E-state index contributed by atoms with van der Waals surface area (Å²) in [5, 5.41) is 11.2. The predicted molar refractivity (Wildman–Crippen MR) is 123 cm³/mol. The normalized spacial score (nSPS) is 46.4. The molecule has 9 heteroatoms. The molecule has 0 aromatic carbocycles. The molecule has 10 atom stereocenters. The molecule has 0 spiro atoms. The highest BCUT2D eigenvalue weighted by atomic mass is 16.7. The van der Waals surface area contributed by atoms with E-state index >= 15 is 0 Å². The fraction of sp³-hybridized carbons (Fsp3) is 0.808. The average Bonchev–Trinajstić information content (AvgIpc) is 3.24. The second-order valence-electron chi connectivity index (χ2n) is 11.4. The first-order valence-corrected chi connectivity index (χ1v) is 12.4. The number of rotatable bonds is 4. The Hall–Kier alpha value is -1.97. The van der Waals surface area contributed by atoms with E-state index in [0.29, 0.717) is 18.4 Å². The summed E-state index contributed by atoms with van der Waals surface area (Å²) in [4.78, 5) is 37.0. The van der Waals surface area contributed by atoms with E-state index in [4.69, 9.17) is 23.7 Å². The molecule has 3 aliphatic heterocycles. The van der Waals surface area contributed by atoms with Gasteiger partial charge in [0.15, 0.2) is 17.5 Å². The van der Waals surface area contributed by atoms with Crippen LogP contribution in [0.15, 0.2) is 12.2 Å². The number of aliphatic hydroxyl groups is 1. The van der Waals surface area contributed by atoms with Crippen LogP contribution < -0.4 is 0 Å². The zero-order valence-corrected chi connectivity index (χ0v) is 21.7. The fourth-order valence-corrected chi connectivity index (χ4v) is 7.37. The second-order valence-corrected chi connectivity index (χ2v) is 11.4. The molecular weight excluding hydrogens is 456 g/mol. The summed E-state index contributed by atoms with van der Waals surface area (Å²) in [6.07, 6.45) is -1.64. The molecule has 3 saturated heterocycles. The molecule has 0 radical (unpaired) electrons. The van der Waals surface area contributed by atoms with E-state index < -0.39 is 65.2 Å². The van der Waals surface area contributed by atoms with Crippen molar-refractivity contribution in [1.82, 2.24) is 0 Å². The molecule has 1 aliphatic carbocycles. The summed E-state index contributed by atoms with van der Waals surface area (Å²) < 4.78 is 30.6. The first-order valence-electron chi connectivity index (χ1n) is 12.4. The first kappa shape index (κ1) is 26.1. The highest BCUT2D eigenvalue weighted by Crippen LogP contribution is 2.62. The molecule has 35 heavy (non-hydrogen) atoms. The van der Waals surface area contributed by atoms with Crippen molar-refractivity contribution in [3.05, 3.63) is 12.2 Å². The van der Waals surface area contributed by atoms with Gasteiger partial charge in [0.2, 0.25) is 0 Å². The standard InChI is InChI=1S/C26H38O9/c1-12(2)18-19-20(17-11-13(3)26(30)10-9-24(7,35-26)22(19)33-17)25(8,34-16(6)29)23(32-15(5)28)21(18)31-14(4)27/h12,17-23,30H,3,9-11H2,1-2,4-8H3/t17-,18-,19-,20-,21+,22-,23+,24-,25+,26+/m0/s1. The van der Waals surface area contributed by atoms with Crippen molar-refractivity contribution in [1.29, 1.82) is 0 Å². The van der Waals surface area contributed by atoms with E-state index in [0.717, 1.165) is 0 Å². The molecule has 4 fully saturated rings. The van der Waals surface area contributed by atoms with E-state index in [9.17, 15) is 19.5 Å². The van der Waals surface area contributed by atoms with Crippen LogP contribution in [0, 0.1) is 23.7 Å². The van der Waals surface area contributed by atoms with E-state index in [2.05, 4.69) is 6.58 Å². The van der Waals surface area contributed by atoms with Crippen molar-refractivity contribution in [3.8, 4) is 0 Å². The van der Waals surface area contributed by atoms with E-state index in [1.807, 2.05) is 20.8 Å². The molecule has 0 unspecified atom stereocenters. The Bertz CT molecular complexity index is 930. The predicted octanol–water partition coefficient (Wildman–Crippen LogP) is 2.67. The third-order valence-electron chi connectivity index (χ3n) is 8.53. The van der Waals surface area contributed by atoms with Crippen LogP contribution in [0.5, 0.6) is 0 Å². The molecule has 9 nitrogen and oxygen atoms in total. The molecular formula is C26H38O9. The lowest BCUT2D eigenvalue weighted by molar-refractivity contribution is -0.253. The largest absolute Gasteiger partial charge is 0.458 e. The van der Waals surface area contributed by atoms with Gasteiger partial charge in [-0.05, 0) is 38.2 Å². The minimum Gasteiger partial charge on any atom is -0.458 e. The third-order valence-corrected chi connectivity index (χ3v) is 8.53. The topological polar surface area (TPSA) is 118 Å². The van der Waals surface area contributed by atoms with Crippen LogP contribution in [0.3, 0.4) is 0 Å². The number of carbonyl (C=O) groups is 3. The summed E-state index contributed by atoms with van der Waals surface area (Å²) in [5.74, 6) is -4.12. The van der Waals surface area contributed by atoms with Crippen LogP contribution >= 0.6 is 0 Å². The zero-order valence-electron chi connectivity index (χ0n) is 21.7. The highest BCUT2D eigenvalue weighted by molar-refractivity contribution is 5.69. The molecule has 1 saturated carbocycles. The van der Waals surface area contributed by atoms with Crippen LogP contribution in [0.1, 0.15) is 67.7 Å². The average molecular weight is 495 g/mol. The molecule has 3 heterocycles. The SMILES string of the molecule is C=C1C[C@@H]2O[C@@H]([C@H]3[C@H](C(C)C)[C@@H](OC(C)=O)[C@@H](OC(C)=O)[C@](C)(OC(C)=O)[C@H]32)[C@]2(C)CC[C@@]1(O)O2. The maximum absolute atomic E-state index is 12.4. The van der Waals surface area contributed by atoms with Crippen molar-refractivity contribution in [2.45, 2.75) is 109 Å².